The number of halogens is 1. The lowest BCUT2D eigenvalue weighted by Gasteiger charge is -2.17. The smallest absolute Gasteiger partial charge is 0.227 e. The number of guanidine groups is 1. The van der Waals surface area contributed by atoms with Crippen molar-refractivity contribution in [3.8, 4) is 5.75 Å². The van der Waals surface area contributed by atoms with E-state index in [4.69, 9.17) is 10.5 Å². The molecule has 27 heavy (non-hydrogen) atoms. The van der Waals surface area contributed by atoms with Crippen LogP contribution in [0.4, 0.5) is 11.4 Å². The van der Waals surface area contributed by atoms with Crippen molar-refractivity contribution in [3.05, 3.63) is 54.1 Å². The molecule has 2 aromatic carbocycles. The Hall–Kier alpha value is -2.29. The van der Waals surface area contributed by atoms with Gasteiger partial charge in [0.05, 0.1) is 12.8 Å². The van der Waals surface area contributed by atoms with Crippen LogP contribution in [0, 0.1) is 0 Å². The summed E-state index contributed by atoms with van der Waals surface area (Å²) < 4.78 is 5.27. The highest BCUT2D eigenvalue weighted by atomic mass is 127. The van der Waals surface area contributed by atoms with E-state index in [1.165, 1.54) is 5.56 Å². The zero-order valence-corrected chi connectivity index (χ0v) is 17.7. The van der Waals surface area contributed by atoms with Crippen molar-refractivity contribution in [2.45, 2.75) is 19.3 Å². The minimum absolute atomic E-state index is 0. The monoisotopic (exact) mass is 480 g/mol. The maximum absolute atomic E-state index is 12.4. The Bertz CT molecular complexity index is 810. The fourth-order valence-electron chi connectivity index (χ4n) is 3.09. The van der Waals surface area contributed by atoms with Gasteiger partial charge in [-0.15, -0.1) is 24.0 Å². The summed E-state index contributed by atoms with van der Waals surface area (Å²) in [6, 6.07) is 15.6. The Morgan fingerprint density at radius 3 is 2.78 bits per heavy atom. The number of amides is 1. The second-order valence-corrected chi connectivity index (χ2v) is 6.12. The number of para-hydroxylation sites is 3. The van der Waals surface area contributed by atoms with Crippen LogP contribution in [0.1, 0.15) is 18.4 Å². The van der Waals surface area contributed by atoms with Gasteiger partial charge < -0.3 is 20.7 Å². The van der Waals surface area contributed by atoms with Gasteiger partial charge in [0.15, 0.2) is 5.96 Å². The molecular weight excluding hydrogens is 455 g/mol. The van der Waals surface area contributed by atoms with E-state index in [0.717, 1.165) is 24.3 Å². The van der Waals surface area contributed by atoms with Crippen molar-refractivity contribution < 1.29 is 9.53 Å². The van der Waals surface area contributed by atoms with E-state index in [1.54, 1.807) is 7.11 Å². The van der Waals surface area contributed by atoms with E-state index < -0.39 is 0 Å². The fraction of sp³-hybridized carbons (Fsp3) is 0.300. The molecule has 0 spiro atoms. The zero-order chi connectivity index (χ0) is 18.4. The van der Waals surface area contributed by atoms with E-state index in [9.17, 15) is 4.79 Å². The van der Waals surface area contributed by atoms with Crippen LogP contribution in [0.2, 0.25) is 0 Å². The molecule has 2 aromatic rings. The predicted octanol–water partition coefficient (Wildman–Crippen LogP) is 3.41. The molecule has 1 heterocycles. The van der Waals surface area contributed by atoms with Crippen molar-refractivity contribution in [1.29, 1.82) is 0 Å². The molecule has 3 N–H and O–H groups in total. The zero-order valence-electron chi connectivity index (χ0n) is 15.4. The number of ether oxygens (including phenoxy) is 1. The van der Waals surface area contributed by atoms with Crippen LogP contribution < -0.4 is 20.7 Å². The molecule has 0 saturated carbocycles. The molecule has 0 atom stereocenters. The number of rotatable bonds is 6. The van der Waals surface area contributed by atoms with Crippen molar-refractivity contribution in [1.82, 2.24) is 0 Å². The summed E-state index contributed by atoms with van der Waals surface area (Å²) in [6.07, 6.45) is 2.04. The van der Waals surface area contributed by atoms with Gasteiger partial charge in [0.25, 0.3) is 0 Å². The molecule has 0 fully saturated rings. The van der Waals surface area contributed by atoms with Crippen LogP contribution in [0.25, 0.3) is 0 Å². The second-order valence-electron chi connectivity index (χ2n) is 6.12. The number of methoxy groups -OCH3 is 1. The van der Waals surface area contributed by atoms with Gasteiger partial charge in [0, 0.05) is 25.2 Å². The summed E-state index contributed by atoms with van der Waals surface area (Å²) in [7, 11) is 1.61. The first-order valence-electron chi connectivity index (χ1n) is 8.77. The number of nitrogens with one attached hydrogen (secondary N) is 1. The van der Waals surface area contributed by atoms with Crippen LogP contribution in [0.3, 0.4) is 0 Å². The van der Waals surface area contributed by atoms with Gasteiger partial charge in [0.2, 0.25) is 5.91 Å². The second kappa shape index (κ2) is 10.1. The van der Waals surface area contributed by atoms with Gasteiger partial charge in [0.1, 0.15) is 5.75 Å². The number of nitrogens with zero attached hydrogens (tertiary/aromatic N) is 2. The summed E-state index contributed by atoms with van der Waals surface area (Å²) in [4.78, 5) is 18.6. The van der Waals surface area contributed by atoms with Gasteiger partial charge in [-0.25, -0.2) is 0 Å². The highest BCUT2D eigenvalue weighted by molar-refractivity contribution is 14.0. The molecule has 7 heteroatoms. The minimum atomic E-state index is 0. The quantitative estimate of drug-likeness (QED) is 0.288. The Morgan fingerprint density at radius 2 is 1.96 bits per heavy atom. The average molecular weight is 480 g/mol. The van der Waals surface area contributed by atoms with Gasteiger partial charge >= 0.3 is 0 Å². The molecule has 1 amide bonds. The number of benzene rings is 2. The average Bonchev–Trinajstić information content (AvgIpc) is 3.10. The van der Waals surface area contributed by atoms with Crippen molar-refractivity contribution in [2.75, 3.05) is 30.4 Å². The van der Waals surface area contributed by atoms with Gasteiger partial charge in [-0.1, -0.05) is 30.3 Å². The highest BCUT2D eigenvalue weighted by Gasteiger charge is 2.23. The Balaban J connectivity index is 0.00000261. The molecule has 0 aromatic heterocycles. The predicted molar refractivity (Wildman–Crippen MR) is 120 cm³/mol. The molecule has 0 radical (unpaired) electrons. The lowest BCUT2D eigenvalue weighted by molar-refractivity contribution is -0.118. The summed E-state index contributed by atoms with van der Waals surface area (Å²) >= 11 is 0. The maximum Gasteiger partial charge on any atom is 0.227 e. The number of aliphatic imine (C=N–C) groups is 1. The number of hydrogen-bond donors (Lipinski definition) is 2. The first-order chi connectivity index (χ1) is 12.7. The van der Waals surface area contributed by atoms with E-state index >= 15 is 0 Å². The molecular formula is C20H25IN4O2. The highest BCUT2D eigenvalue weighted by Crippen LogP contribution is 2.28. The molecule has 1 aliphatic heterocycles. The number of fused-ring (bicyclic) bond motifs is 1. The summed E-state index contributed by atoms with van der Waals surface area (Å²) in [5.41, 5.74) is 8.96. The largest absolute Gasteiger partial charge is 0.495 e. The van der Waals surface area contributed by atoms with Crippen LogP contribution in [-0.4, -0.2) is 32.1 Å². The number of carbonyl (C=O) groups is 1. The van der Waals surface area contributed by atoms with Crippen LogP contribution in [0.5, 0.6) is 5.75 Å². The number of carbonyl (C=O) groups excluding carboxylic acids is 1. The maximum atomic E-state index is 12.4. The van der Waals surface area contributed by atoms with Crippen LogP contribution in [-0.2, 0) is 11.2 Å². The van der Waals surface area contributed by atoms with E-state index in [-0.39, 0.29) is 29.9 Å². The van der Waals surface area contributed by atoms with Gasteiger partial charge in [-0.3, -0.25) is 9.79 Å². The Labute approximate surface area is 176 Å². The van der Waals surface area contributed by atoms with E-state index in [0.29, 0.717) is 31.1 Å². The third-order valence-corrected chi connectivity index (χ3v) is 4.39. The molecule has 0 bridgehead atoms. The first kappa shape index (κ1) is 21.0. The lowest BCUT2D eigenvalue weighted by Crippen LogP contribution is -2.28. The summed E-state index contributed by atoms with van der Waals surface area (Å²) in [5.74, 6) is 1.16. The van der Waals surface area contributed by atoms with E-state index in [1.807, 2.05) is 47.4 Å². The number of anilines is 2. The van der Waals surface area contributed by atoms with Crippen molar-refractivity contribution in [3.63, 3.8) is 0 Å². The van der Waals surface area contributed by atoms with E-state index in [2.05, 4.69) is 16.4 Å². The molecule has 0 unspecified atom stereocenters. The molecule has 3 rings (SSSR count). The molecule has 1 aliphatic rings. The molecule has 0 saturated heterocycles. The summed E-state index contributed by atoms with van der Waals surface area (Å²) in [5, 5.41) is 3.03. The van der Waals surface area contributed by atoms with Crippen LogP contribution in [0.15, 0.2) is 53.5 Å². The first-order valence-corrected chi connectivity index (χ1v) is 8.77. The number of nitrogens with two attached hydrogens (primary N) is 1. The normalized spacial score (nSPS) is 12.9. The lowest BCUT2D eigenvalue weighted by atomic mass is 10.2. The topological polar surface area (TPSA) is 80.0 Å². The Morgan fingerprint density at radius 1 is 1.22 bits per heavy atom. The SMILES string of the molecule is COc1ccccc1NC(N)=NCCCC(=O)N1CCc2ccccc21.I. The van der Waals surface area contributed by atoms with Crippen molar-refractivity contribution in [2.24, 2.45) is 10.7 Å². The number of hydrogen-bond acceptors (Lipinski definition) is 3. The minimum Gasteiger partial charge on any atom is -0.495 e. The third-order valence-electron chi connectivity index (χ3n) is 4.39. The van der Waals surface area contributed by atoms with Gasteiger partial charge in [-0.2, -0.15) is 0 Å². The third kappa shape index (κ3) is 5.35. The van der Waals surface area contributed by atoms with Gasteiger partial charge in [-0.05, 0) is 36.6 Å². The molecule has 0 aliphatic carbocycles. The summed E-state index contributed by atoms with van der Waals surface area (Å²) in [6.45, 7) is 1.26. The molecule has 144 valence electrons. The fourth-order valence-corrected chi connectivity index (χ4v) is 3.09. The molecule has 6 nitrogen and oxygen atoms in total. The standard InChI is InChI=1S/C20H24N4O2.HI/c1-26-18-10-5-3-8-16(18)23-20(21)22-13-6-11-19(25)24-14-12-15-7-2-4-9-17(15)24;/h2-5,7-10H,6,11-14H2,1H3,(H3,21,22,23);1H. The van der Waals surface area contributed by atoms with Crippen molar-refractivity contribution >= 4 is 47.2 Å². The van der Waals surface area contributed by atoms with Crippen LogP contribution >= 0.6 is 24.0 Å². The Kier molecular flexibility index (Phi) is 7.90.